The largest absolute Gasteiger partial charge is 0.0683 e. The summed E-state index contributed by atoms with van der Waals surface area (Å²) in [5, 5.41) is 12.8. The zero-order valence-corrected chi connectivity index (χ0v) is 22.9. The van der Waals surface area contributed by atoms with Gasteiger partial charge in [0.2, 0.25) is 0 Å². The first-order valence-corrected chi connectivity index (χ1v) is 14.2. The maximum Gasteiger partial charge on any atom is -0.00201 e. The molecule has 0 heterocycles. The predicted molar refractivity (Wildman–Crippen MR) is 176 cm³/mol. The lowest BCUT2D eigenvalue weighted by atomic mass is 9.84. The van der Waals surface area contributed by atoms with E-state index < -0.39 is 0 Å². The van der Waals surface area contributed by atoms with E-state index in [1.165, 1.54) is 76.1 Å². The van der Waals surface area contributed by atoms with Crippen LogP contribution >= 0.6 is 0 Å². The van der Waals surface area contributed by atoms with E-state index in [0.717, 1.165) is 0 Å². The van der Waals surface area contributed by atoms with Crippen LogP contribution in [0.15, 0.2) is 146 Å². The molecule has 0 heteroatoms. The Hall–Kier alpha value is -4.94. The van der Waals surface area contributed by atoms with Gasteiger partial charge in [-0.3, -0.25) is 0 Å². The van der Waals surface area contributed by atoms with Gasteiger partial charge in [-0.15, -0.1) is 0 Å². The van der Waals surface area contributed by atoms with Gasteiger partial charge < -0.3 is 0 Å². The molecule has 0 aromatic heterocycles. The van der Waals surface area contributed by atoms with Crippen molar-refractivity contribution in [2.24, 2.45) is 0 Å². The first kappa shape index (κ1) is 24.1. The number of fused-ring (bicyclic) bond motifs is 6. The monoisotopic (exact) mass is 510 g/mol. The molecule has 0 aliphatic rings. The van der Waals surface area contributed by atoms with E-state index in [9.17, 15) is 0 Å². The standard InChI is InChI=1S/C38H24.C2H6/c1-3-13-29-25(10-1)12-9-19-31(29)38-34-17-7-5-15-32(34)37(33-16-6-8-18-35(33)38)28-23-22-27-21-20-26-11-2-4-14-30(26)36(27)24-28;1-2/h1-24H;1-2H3. The summed E-state index contributed by atoms with van der Waals surface area (Å²) in [6, 6.07) is 53.3. The third-order valence-electron chi connectivity index (χ3n) is 8.03. The van der Waals surface area contributed by atoms with E-state index in [2.05, 4.69) is 146 Å². The summed E-state index contributed by atoms with van der Waals surface area (Å²) in [5.74, 6) is 0. The first-order valence-electron chi connectivity index (χ1n) is 14.2. The van der Waals surface area contributed by atoms with Gasteiger partial charge in [-0.1, -0.05) is 153 Å². The van der Waals surface area contributed by atoms with E-state index in [0.29, 0.717) is 0 Å². The Morgan fingerprint density at radius 2 is 0.725 bits per heavy atom. The van der Waals surface area contributed by atoms with Crippen LogP contribution in [0.4, 0.5) is 0 Å². The molecule has 40 heavy (non-hydrogen) atoms. The van der Waals surface area contributed by atoms with Gasteiger partial charge in [0.05, 0.1) is 0 Å². The zero-order valence-electron chi connectivity index (χ0n) is 22.9. The summed E-state index contributed by atoms with van der Waals surface area (Å²) in [5.41, 5.74) is 5.15. The van der Waals surface area contributed by atoms with Crippen molar-refractivity contribution in [1.29, 1.82) is 0 Å². The Morgan fingerprint density at radius 3 is 1.35 bits per heavy atom. The highest BCUT2D eigenvalue weighted by Gasteiger charge is 2.18. The summed E-state index contributed by atoms with van der Waals surface area (Å²) in [6.45, 7) is 4.00. The molecule has 0 amide bonds. The lowest BCUT2D eigenvalue weighted by molar-refractivity contribution is 1.50. The van der Waals surface area contributed by atoms with Gasteiger partial charge in [0, 0.05) is 0 Å². The zero-order chi connectivity index (χ0) is 27.1. The molecular weight excluding hydrogens is 480 g/mol. The van der Waals surface area contributed by atoms with E-state index in [1.807, 2.05) is 13.8 Å². The van der Waals surface area contributed by atoms with Gasteiger partial charge in [-0.05, 0) is 82.2 Å². The molecule has 0 spiro atoms. The van der Waals surface area contributed by atoms with Crippen LogP contribution in [0.2, 0.25) is 0 Å². The third kappa shape index (κ3) is 3.76. The Labute approximate surface area is 235 Å². The van der Waals surface area contributed by atoms with Gasteiger partial charge in [0.1, 0.15) is 0 Å². The molecule has 8 rings (SSSR count). The number of hydrogen-bond acceptors (Lipinski definition) is 0. The van der Waals surface area contributed by atoms with Crippen molar-refractivity contribution in [2.45, 2.75) is 13.8 Å². The summed E-state index contributed by atoms with van der Waals surface area (Å²) in [6.07, 6.45) is 0. The Bertz CT molecular complexity index is 2120. The van der Waals surface area contributed by atoms with Crippen LogP contribution in [-0.2, 0) is 0 Å². The Kier molecular flexibility index (Phi) is 6.02. The molecule has 0 N–H and O–H groups in total. The maximum absolute atomic E-state index is 2.39. The molecule has 0 bridgehead atoms. The summed E-state index contributed by atoms with van der Waals surface area (Å²) < 4.78 is 0. The molecule has 0 aliphatic heterocycles. The molecular formula is C40H30. The van der Waals surface area contributed by atoms with Gasteiger partial charge in [0.15, 0.2) is 0 Å². The van der Waals surface area contributed by atoms with E-state index >= 15 is 0 Å². The lowest BCUT2D eigenvalue weighted by Crippen LogP contribution is -1.91. The van der Waals surface area contributed by atoms with Crippen LogP contribution in [-0.4, -0.2) is 0 Å². The van der Waals surface area contributed by atoms with Gasteiger partial charge in [-0.25, -0.2) is 0 Å². The van der Waals surface area contributed by atoms with Crippen molar-refractivity contribution in [3.8, 4) is 22.3 Å². The van der Waals surface area contributed by atoms with Crippen molar-refractivity contribution >= 4 is 53.9 Å². The van der Waals surface area contributed by atoms with Crippen molar-refractivity contribution in [1.82, 2.24) is 0 Å². The third-order valence-corrected chi connectivity index (χ3v) is 8.03. The summed E-state index contributed by atoms with van der Waals surface area (Å²) in [4.78, 5) is 0. The minimum atomic E-state index is 1.26. The second-order valence-corrected chi connectivity index (χ2v) is 10.1. The second-order valence-electron chi connectivity index (χ2n) is 10.1. The number of benzene rings is 8. The van der Waals surface area contributed by atoms with E-state index in [-0.39, 0.29) is 0 Å². The normalized spacial score (nSPS) is 11.2. The lowest BCUT2D eigenvalue weighted by Gasteiger charge is -2.19. The Morgan fingerprint density at radius 1 is 0.300 bits per heavy atom. The van der Waals surface area contributed by atoms with Crippen LogP contribution in [0.3, 0.4) is 0 Å². The average molecular weight is 511 g/mol. The molecule has 8 aromatic rings. The fourth-order valence-electron chi connectivity index (χ4n) is 6.33. The summed E-state index contributed by atoms with van der Waals surface area (Å²) in [7, 11) is 0. The van der Waals surface area contributed by atoms with Gasteiger partial charge in [-0.2, -0.15) is 0 Å². The molecule has 0 saturated carbocycles. The fourth-order valence-corrected chi connectivity index (χ4v) is 6.33. The van der Waals surface area contributed by atoms with Crippen molar-refractivity contribution in [3.63, 3.8) is 0 Å². The van der Waals surface area contributed by atoms with Gasteiger partial charge in [0.25, 0.3) is 0 Å². The van der Waals surface area contributed by atoms with Crippen LogP contribution in [0.5, 0.6) is 0 Å². The molecule has 0 atom stereocenters. The predicted octanol–water partition coefficient (Wildman–Crippen LogP) is 11.8. The van der Waals surface area contributed by atoms with E-state index in [4.69, 9.17) is 0 Å². The molecule has 0 nitrogen and oxygen atoms in total. The van der Waals surface area contributed by atoms with Crippen LogP contribution in [0.25, 0.3) is 76.1 Å². The van der Waals surface area contributed by atoms with Crippen molar-refractivity contribution in [3.05, 3.63) is 146 Å². The van der Waals surface area contributed by atoms with Crippen LogP contribution < -0.4 is 0 Å². The fraction of sp³-hybridized carbons (Fsp3) is 0.0500. The molecule has 0 aliphatic carbocycles. The number of rotatable bonds is 2. The number of hydrogen-bond donors (Lipinski definition) is 0. The molecule has 190 valence electrons. The molecule has 8 aromatic carbocycles. The minimum Gasteiger partial charge on any atom is -0.0683 e. The molecule has 0 fully saturated rings. The average Bonchev–Trinajstić information content (AvgIpc) is 3.04. The summed E-state index contributed by atoms with van der Waals surface area (Å²) >= 11 is 0. The highest BCUT2D eigenvalue weighted by molar-refractivity contribution is 6.24. The highest BCUT2D eigenvalue weighted by Crippen LogP contribution is 2.45. The van der Waals surface area contributed by atoms with Crippen LogP contribution in [0.1, 0.15) is 13.8 Å². The smallest absolute Gasteiger partial charge is 0.00201 e. The van der Waals surface area contributed by atoms with Crippen molar-refractivity contribution < 1.29 is 0 Å². The highest BCUT2D eigenvalue weighted by atomic mass is 14.2. The SMILES string of the molecule is CC.c1ccc2c(-c3c4ccccc4c(-c4ccc5ccc6ccccc6c5c4)c4ccccc34)cccc2c1. The molecule has 0 radical (unpaired) electrons. The first-order chi connectivity index (χ1) is 19.9. The molecule has 0 saturated heterocycles. The van der Waals surface area contributed by atoms with Crippen molar-refractivity contribution in [2.75, 3.05) is 0 Å². The van der Waals surface area contributed by atoms with Crippen LogP contribution in [0, 0.1) is 0 Å². The van der Waals surface area contributed by atoms with Gasteiger partial charge >= 0.3 is 0 Å². The molecule has 0 unspecified atom stereocenters. The maximum atomic E-state index is 2.39. The van der Waals surface area contributed by atoms with E-state index in [1.54, 1.807) is 0 Å². The quantitative estimate of drug-likeness (QED) is 0.160. The Balaban J connectivity index is 0.00000130. The topological polar surface area (TPSA) is 0 Å². The minimum absolute atomic E-state index is 1.26. The second kappa shape index (κ2) is 9.98.